The lowest BCUT2D eigenvalue weighted by atomic mass is 10.0. The third kappa shape index (κ3) is 4.95. The average molecular weight is 708 g/mol. The Balaban J connectivity index is 1.17. The third-order valence-electron chi connectivity index (χ3n) is 10.3. The molecule has 252 valence electrons. The van der Waals surface area contributed by atoms with Crippen molar-refractivity contribution in [3.05, 3.63) is 176 Å². The number of rotatable bonds is 4. The Kier molecular flexibility index (Phi) is 7.03. The van der Waals surface area contributed by atoms with Gasteiger partial charge in [-0.1, -0.05) is 145 Å². The van der Waals surface area contributed by atoms with Gasteiger partial charge in [0.2, 0.25) is 0 Å². The molecule has 3 heterocycles. The van der Waals surface area contributed by atoms with Gasteiger partial charge in [0.05, 0.1) is 28.1 Å². The minimum Gasteiger partial charge on any atom is -0.306 e. The monoisotopic (exact) mass is 707 g/mol. The fourth-order valence-electron chi connectivity index (χ4n) is 7.76. The van der Waals surface area contributed by atoms with E-state index >= 15 is 0 Å². The maximum atomic E-state index is 5.31. The highest BCUT2D eigenvalue weighted by molar-refractivity contribution is 8.00. The molecule has 0 bridgehead atoms. The zero-order valence-electron chi connectivity index (χ0n) is 28.9. The molecule has 6 heteroatoms. The molecule has 0 spiro atoms. The number of benzene rings is 8. The predicted molar refractivity (Wildman–Crippen MR) is 223 cm³/mol. The van der Waals surface area contributed by atoms with E-state index in [1.54, 1.807) is 11.8 Å². The number of anilines is 3. The van der Waals surface area contributed by atoms with E-state index in [4.69, 9.17) is 19.9 Å². The molecule has 11 rings (SSSR count). The van der Waals surface area contributed by atoms with Crippen molar-refractivity contribution in [3.63, 3.8) is 0 Å². The van der Waals surface area contributed by atoms with Crippen molar-refractivity contribution in [2.45, 2.75) is 9.79 Å². The first-order chi connectivity index (χ1) is 26.8. The summed E-state index contributed by atoms with van der Waals surface area (Å²) in [4.78, 5) is 25.7. The lowest BCUT2D eigenvalue weighted by Crippen LogP contribution is -2.16. The summed E-state index contributed by atoms with van der Waals surface area (Å²) in [5.41, 5.74) is 7.99. The van der Waals surface area contributed by atoms with Crippen LogP contribution < -0.4 is 4.90 Å². The van der Waals surface area contributed by atoms with Crippen molar-refractivity contribution in [1.29, 1.82) is 0 Å². The molecule has 0 N–H and O–H groups in total. The fourth-order valence-corrected chi connectivity index (χ4v) is 8.92. The van der Waals surface area contributed by atoms with Crippen LogP contribution >= 0.6 is 11.8 Å². The third-order valence-corrected chi connectivity index (χ3v) is 11.5. The van der Waals surface area contributed by atoms with Crippen LogP contribution in [0.3, 0.4) is 0 Å². The lowest BCUT2D eigenvalue weighted by Gasteiger charge is -2.34. The van der Waals surface area contributed by atoms with E-state index in [1.807, 2.05) is 6.07 Å². The van der Waals surface area contributed by atoms with Gasteiger partial charge >= 0.3 is 0 Å². The smallest absolute Gasteiger partial charge is 0.165 e. The van der Waals surface area contributed by atoms with Gasteiger partial charge in [0, 0.05) is 37.3 Å². The topological polar surface area (TPSA) is 54.8 Å². The summed E-state index contributed by atoms with van der Waals surface area (Å²) >= 11 is 1.76. The summed E-state index contributed by atoms with van der Waals surface area (Å²) in [6, 6.07) is 61.5. The van der Waals surface area contributed by atoms with Gasteiger partial charge in [0.15, 0.2) is 17.5 Å². The van der Waals surface area contributed by atoms with Gasteiger partial charge < -0.3 is 4.90 Å². The molecule has 0 aliphatic carbocycles. The Morgan fingerprint density at radius 2 is 0.870 bits per heavy atom. The molecule has 2 aromatic heterocycles. The van der Waals surface area contributed by atoms with Gasteiger partial charge in [-0.2, -0.15) is 0 Å². The number of hydrogen-bond acceptors (Lipinski definition) is 6. The van der Waals surface area contributed by atoms with Gasteiger partial charge in [0.25, 0.3) is 0 Å². The van der Waals surface area contributed by atoms with Crippen LogP contribution in [0.4, 0.5) is 17.1 Å². The Hall–Kier alpha value is -6.89. The molecule has 0 radical (unpaired) electrons. The summed E-state index contributed by atoms with van der Waals surface area (Å²) in [5.74, 6) is 1.91. The minimum atomic E-state index is 0.626. The fraction of sp³-hybridized carbons (Fsp3) is 0. The number of para-hydroxylation sites is 3. The van der Waals surface area contributed by atoms with Gasteiger partial charge in [-0.25, -0.2) is 19.9 Å². The molecule has 54 heavy (non-hydrogen) atoms. The summed E-state index contributed by atoms with van der Waals surface area (Å²) in [7, 11) is 0. The Labute approximate surface area is 315 Å². The predicted octanol–water partition coefficient (Wildman–Crippen LogP) is 12.8. The number of pyridine rings is 1. The summed E-state index contributed by atoms with van der Waals surface area (Å²) in [6.07, 6.45) is 0. The highest BCUT2D eigenvalue weighted by Crippen LogP contribution is 2.55. The van der Waals surface area contributed by atoms with Crippen molar-refractivity contribution in [1.82, 2.24) is 19.9 Å². The van der Waals surface area contributed by atoms with Crippen LogP contribution in [0.5, 0.6) is 0 Å². The molecule has 1 aliphatic heterocycles. The van der Waals surface area contributed by atoms with E-state index in [0.29, 0.717) is 17.5 Å². The van der Waals surface area contributed by atoms with Crippen LogP contribution in [0.1, 0.15) is 0 Å². The molecule has 0 atom stereocenters. The van der Waals surface area contributed by atoms with Gasteiger partial charge in [-0.3, -0.25) is 0 Å². The molecule has 0 fully saturated rings. The second kappa shape index (κ2) is 12.4. The molecular formula is C48H29N5S. The van der Waals surface area contributed by atoms with Gasteiger partial charge in [0.1, 0.15) is 0 Å². The zero-order chi connectivity index (χ0) is 35.6. The standard InChI is InChI=1S/C48H29N5S/c1-4-19-34-30(13-1)16-9-21-36(34)46-50-47(37-22-10-17-31-14-2-5-20-35(31)37)52-48(51-46)38-23-12-27-42-45(38)54-43-28-8-7-25-40(43)53(42)41-26-11-18-33-29-32-15-3-6-24-39(32)49-44(33)41/h1-29H. The highest BCUT2D eigenvalue weighted by atomic mass is 32.2. The maximum absolute atomic E-state index is 5.31. The normalized spacial score (nSPS) is 12.3. The second-order valence-electron chi connectivity index (χ2n) is 13.4. The molecule has 0 unspecified atom stereocenters. The van der Waals surface area contributed by atoms with Crippen molar-refractivity contribution in [2.24, 2.45) is 0 Å². The van der Waals surface area contributed by atoms with Crippen molar-refractivity contribution >= 4 is 72.2 Å². The number of aromatic nitrogens is 4. The highest BCUT2D eigenvalue weighted by Gasteiger charge is 2.29. The van der Waals surface area contributed by atoms with Crippen LogP contribution in [0, 0.1) is 0 Å². The summed E-state index contributed by atoms with van der Waals surface area (Å²) in [6.45, 7) is 0. The van der Waals surface area contributed by atoms with Crippen molar-refractivity contribution in [2.75, 3.05) is 4.90 Å². The van der Waals surface area contributed by atoms with Crippen LogP contribution in [0.2, 0.25) is 0 Å². The van der Waals surface area contributed by atoms with E-state index in [9.17, 15) is 0 Å². The first kappa shape index (κ1) is 30.7. The van der Waals surface area contributed by atoms with E-state index in [-0.39, 0.29) is 0 Å². The van der Waals surface area contributed by atoms with Crippen LogP contribution in [0.25, 0.3) is 77.5 Å². The molecule has 1 aliphatic rings. The Morgan fingerprint density at radius 1 is 0.370 bits per heavy atom. The zero-order valence-corrected chi connectivity index (χ0v) is 29.7. The van der Waals surface area contributed by atoms with Crippen LogP contribution in [-0.2, 0) is 0 Å². The van der Waals surface area contributed by atoms with Crippen molar-refractivity contribution in [3.8, 4) is 34.2 Å². The van der Waals surface area contributed by atoms with E-state index < -0.39 is 0 Å². The Bertz CT molecular complexity index is 3010. The molecule has 0 amide bonds. The molecule has 8 aromatic carbocycles. The second-order valence-corrected chi connectivity index (χ2v) is 14.5. The SMILES string of the molecule is c1ccc2c(c1)Sc1c(-c3nc(-c4cccc5ccccc45)nc(-c4cccc5ccccc45)n3)cccc1N2c1cccc2cc3ccccc3nc12. The number of fused-ring (bicyclic) bond motifs is 6. The van der Waals surface area contributed by atoms with Crippen LogP contribution in [0.15, 0.2) is 186 Å². The van der Waals surface area contributed by atoms with Crippen LogP contribution in [-0.4, -0.2) is 19.9 Å². The minimum absolute atomic E-state index is 0.626. The quantitative estimate of drug-likeness (QED) is 0.170. The molecule has 0 saturated carbocycles. The summed E-state index contributed by atoms with van der Waals surface area (Å²) in [5, 5.41) is 6.69. The average Bonchev–Trinajstić information content (AvgIpc) is 3.24. The molecule has 10 aromatic rings. The lowest BCUT2D eigenvalue weighted by molar-refractivity contribution is 1.07. The first-order valence-corrected chi connectivity index (χ1v) is 18.8. The largest absolute Gasteiger partial charge is 0.306 e. The molecular weight excluding hydrogens is 679 g/mol. The first-order valence-electron chi connectivity index (χ1n) is 18.0. The van der Waals surface area contributed by atoms with E-state index in [1.165, 1.54) is 0 Å². The Morgan fingerprint density at radius 3 is 1.61 bits per heavy atom. The van der Waals surface area contributed by atoms with Crippen molar-refractivity contribution < 1.29 is 0 Å². The molecule has 0 saturated heterocycles. The summed E-state index contributed by atoms with van der Waals surface area (Å²) < 4.78 is 0. The van der Waals surface area contributed by atoms with Gasteiger partial charge in [-0.05, 0) is 64.0 Å². The van der Waals surface area contributed by atoms with E-state index in [2.05, 4.69) is 175 Å². The number of hydrogen-bond donors (Lipinski definition) is 0. The van der Waals surface area contributed by atoms with E-state index in [0.717, 1.165) is 86.9 Å². The maximum Gasteiger partial charge on any atom is 0.165 e. The molecule has 5 nitrogen and oxygen atoms in total. The number of nitrogens with zero attached hydrogens (tertiary/aromatic N) is 5. The van der Waals surface area contributed by atoms with Gasteiger partial charge in [-0.15, -0.1) is 0 Å².